The first-order valence-electron chi connectivity index (χ1n) is 17.0. The maximum Gasteiger partial charge on any atom is 0.411 e. The van der Waals surface area contributed by atoms with Gasteiger partial charge in [-0.3, -0.25) is 20.0 Å². The van der Waals surface area contributed by atoms with Crippen LogP contribution in [-0.4, -0.2) is 72.1 Å². The molecule has 302 valence electrons. The molecule has 21 heteroatoms. The van der Waals surface area contributed by atoms with Crippen LogP contribution in [0.1, 0.15) is 69.5 Å². The SMILES string of the molecule is CC(C)(C)CC1(c2ccc(-c3ccc(F)cn3)cc2F)N=C(NC(=O)O)N([C@H](COC(=O)NC2(C(F)(F)F)CC2)c2ccc(Cl)c(-n3ncnc3C(F)F)c2)C1=O. The van der Waals surface area contributed by atoms with Crippen LogP contribution in [0.25, 0.3) is 16.9 Å². The summed E-state index contributed by atoms with van der Waals surface area (Å²) in [6, 6.07) is 7.98. The third-order valence-corrected chi connectivity index (χ3v) is 9.53. The molecule has 1 saturated carbocycles. The van der Waals surface area contributed by atoms with Gasteiger partial charge in [-0.25, -0.2) is 41.8 Å². The zero-order chi connectivity index (χ0) is 41.7. The van der Waals surface area contributed by atoms with Gasteiger partial charge in [0.1, 0.15) is 30.1 Å². The van der Waals surface area contributed by atoms with Crippen LogP contribution in [0.5, 0.6) is 0 Å². The van der Waals surface area contributed by atoms with E-state index < -0.39 is 96.1 Å². The summed E-state index contributed by atoms with van der Waals surface area (Å²) in [5, 5.41) is 17.4. The van der Waals surface area contributed by atoms with Crippen molar-refractivity contribution in [1.29, 1.82) is 0 Å². The number of aliphatic imine (C=N–C) groups is 1. The van der Waals surface area contributed by atoms with Crippen molar-refractivity contribution in [2.75, 3.05) is 6.61 Å². The van der Waals surface area contributed by atoms with Gasteiger partial charge in [0.2, 0.25) is 5.96 Å². The Hall–Kier alpha value is -5.79. The minimum absolute atomic E-state index is 0.0899. The Morgan fingerprint density at radius 2 is 1.75 bits per heavy atom. The lowest BCUT2D eigenvalue weighted by Gasteiger charge is -2.35. The first kappa shape index (κ1) is 40.9. The fraction of sp³-hybridized carbons (Fsp3) is 0.361. The minimum atomic E-state index is -4.83. The van der Waals surface area contributed by atoms with Gasteiger partial charge in [0, 0.05) is 11.1 Å². The summed E-state index contributed by atoms with van der Waals surface area (Å²) in [6.07, 6.45) is -10.6. The molecule has 1 fully saturated rings. The van der Waals surface area contributed by atoms with E-state index in [1.807, 2.05) is 5.32 Å². The van der Waals surface area contributed by atoms with Crippen molar-refractivity contribution in [3.05, 3.63) is 94.7 Å². The van der Waals surface area contributed by atoms with Crippen molar-refractivity contribution in [2.45, 2.75) is 69.8 Å². The Morgan fingerprint density at radius 1 is 1.04 bits per heavy atom. The molecule has 1 aliphatic carbocycles. The molecule has 2 atom stereocenters. The second-order valence-electron chi connectivity index (χ2n) is 14.6. The van der Waals surface area contributed by atoms with Gasteiger partial charge < -0.3 is 15.2 Å². The summed E-state index contributed by atoms with van der Waals surface area (Å²) in [5.74, 6) is -4.24. The molecular formula is C36H32ClF7N8O5. The molecule has 1 unspecified atom stereocenters. The number of pyridine rings is 1. The first-order chi connectivity index (χ1) is 26.6. The average molecular weight is 825 g/mol. The smallest absolute Gasteiger partial charge is 0.411 e. The van der Waals surface area contributed by atoms with Gasteiger partial charge in [-0.1, -0.05) is 50.6 Å². The molecule has 0 saturated heterocycles. The molecular weight excluding hydrogens is 793 g/mol. The Kier molecular flexibility index (Phi) is 10.7. The zero-order valence-corrected chi connectivity index (χ0v) is 30.8. The zero-order valence-electron chi connectivity index (χ0n) is 30.0. The number of hydrogen-bond acceptors (Lipinski definition) is 8. The second-order valence-corrected chi connectivity index (χ2v) is 15.0. The number of rotatable bonds is 10. The summed E-state index contributed by atoms with van der Waals surface area (Å²) < 4.78 is 105. The molecule has 0 radical (unpaired) electrons. The van der Waals surface area contributed by atoms with Crippen molar-refractivity contribution >= 4 is 35.7 Å². The predicted molar refractivity (Wildman–Crippen MR) is 187 cm³/mol. The summed E-state index contributed by atoms with van der Waals surface area (Å²) >= 11 is 6.39. The highest BCUT2D eigenvalue weighted by molar-refractivity contribution is 6.32. The number of aromatic nitrogens is 4. The molecule has 2 aromatic carbocycles. The quantitative estimate of drug-likeness (QED) is 0.136. The lowest BCUT2D eigenvalue weighted by molar-refractivity contribution is -0.164. The van der Waals surface area contributed by atoms with E-state index in [0.29, 0.717) is 4.68 Å². The molecule has 3 amide bonds. The fourth-order valence-electron chi connectivity index (χ4n) is 6.55. The van der Waals surface area contributed by atoms with E-state index >= 15 is 9.18 Å². The minimum Gasteiger partial charge on any atom is -0.465 e. The van der Waals surface area contributed by atoms with E-state index in [4.69, 9.17) is 16.3 Å². The molecule has 6 rings (SSSR count). The summed E-state index contributed by atoms with van der Waals surface area (Å²) in [4.78, 5) is 53.0. The highest BCUT2D eigenvalue weighted by atomic mass is 35.5. The largest absolute Gasteiger partial charge is 0.465 e. The Morgan fingerprint density at radius 3 is 2.33 bits per heavy atom. The fourth-order valence-corrected chi connectivity index (χ4v) is 6.75. The number of guanidine groups is 1. The van der Waals surface area contributed by atoms with Crippen LogP contribution >= 0.6 is 11.6 Å². The Balaban J connectivity index is 1.49. The number of nitrogens with zero attached hydrogens (tertiary/aromatic N) is 6. The molecule has 57 heavy (non-hydrogen) atoms. The maximum atomic E-state index is 16.4. The standard InChI is InChI=1S/C36H32ClF7N8O5/c1-33(2,3)16-35(21-7-4-18(12-23(21)39)24-9-6-20(38)14-45-24)29(53)51(30(49-35)48-31(54)55)26(15-57-32(56)50-34(10-11-34)36(42,43)44)19-5-8-22(37)25(13-19)52-28(27(40)41)46-17-47-52/h4-9,12-14,17,26-27H,10-11,15-16H2,1-3H3,(H,48,49)(H,50,56)(H,54,55)/t26-,35?/m1/s1. The topological polar surface area (TPSA) is 164 Å². The van der Waals surface area contributed by atoms with Crippen molar-refractivity contribution in [3.8, 4) is 16.9 Å². The van der Waals surface area contributed by atoms with Crippen LogP contribution in [0.15, 0.2) is 66.0 Å². The third kappa shape index (κ3) is 8.21. The van der Waals surface area contributed by atoms with Gasteiger partial charge in [0.05, 0.1) is 28.6 Å². The number of carboxylic acid groups (broad SMARTS) is 1. The van der Waals surface area contributed by atoms with Crippen LogP contribution in [-0.2, 0) is 15.1 Å². The van der Waals surface area contributed by atoms with E-state index in [1.165, 1.54) is 30.3 Å². The van der Waals surface area contributed by atoms with Gasteiger partial charge in [-0.15, -0.1) is 0 Å². The number of hydrogen-bond donors (Lipinski definition) is 3. The van der Waals surface area contributed by atoms with Gasteiger partial charge in [-0.2, -0.15) is 18.3 Å². The number of alkyl halides is 5. The number of nitrogens with one attached hydrogen (secondary N) is 2. The van der Waals surface area contributed by atoms with Crippen LogP contribution in [0.3, 0.4) is 0 Å². The van der Waals surface area contributed by atoms with Gasteiger partial charge >= 0.3 is 18.4 Å². The molecule has 2 aliphatic rings. The Labute approximate surface area is 323 Å². The average Bonchev–Trinajstić information content (AvgIpc) is 3.65. The number of carbonyl (C=O) groups excluding carboxylic acids is 2. The van der Waals surface area contributed by atoms with Gasteiger partial charge in [0.15, 0.2) is 11.4 Å². The highest BCUT2D eigenvalue weighted by Gasteiger charge is 2.65. The van der Waals surface area contributed by atoms with E-state index in [-0.39, 0.29) is 39.5 Å². The first-order valence-corrected chi connectivity index (χ1v) is 17.4. The predicted octanol–water partition coefficient (Wildman–Crippen LogP) is 7.86. The van der Waals surface area contributed by atoms with Gasteiger partial charge in [-0.05, 0) is 60.6 Å². The second kappa shape index (κ2) is 14.9. The molecule has 2 aromatic heterocycles. The summed E-state index contributed by atoms with van der Waals surface area (Å²) in [5.41, 5.74) is -5.92. The van der Waals surface area contributed by atoms with Crippen LogP contribution < -0.4 is 10.6 Å². The molecule has 0 spiro atoms. The molecule has 1 aliphatic heterocycles. The monoisotopic (exact) mass is 824 g/mol. The van der Waals surface area contributed by atoms with E-state index in [2.05, 4.69) is 20.1 Å². The van der Waals surface area contributed by atoms with Crippen molar-refractivity contribution in [3.63, 3.8) is 0 Å². The van der Waals surface area contributed by atoms with Crippen molar-refractivity contribution in [2.24, 2.45) is 10.4 Å². The van der Waals surface area contributed by atoms with E-state index in [9.17, 15) is 41.0 Å². The number of carbonyl (C=O) groups is 3. The van der Waals surface area contributed by atoms with Crippen molar-refractivity contribution in [1.82, 2.24) is 35.3 Å². The van der Waals surface area contributed by atoms with Crippen LogP contribution in [0.2, 0.25) is 5.02 Å². The normalized spacial score (nSPS) is 18.4. The number of alkyl carbamates (subject to hydrolysis) is 1. The van der Waals surface area contributed by atoms with Crippen LogP contribution in [0, 0.1) is 17.0 Å². The van der Waals surface area contributed by atoms with E-state index in [0.717, 1.165) is 35.6 Å². The number of halogens is 8. The lowest BCUT2D eigenvalue weighted by Crippen LogP contribution is -2.51. The van der Waals surface area contributed by atoms with Crippen LogP contribution in [0.4, 0.5) is 40.3 Å². The molecule has 13 nitrogen and oxygen atoms in total. The van der Waals surface area contributed by atoms with Gasteiger partial charge in [0.25, 0.3) is 12.3 Å². The van der Waals surface area contributed by atoms with E-state index in [1.54, 1.807) is 26.1 Å². The molecule has 4 aromatic rings. The molecule has 3 heterocycles. The highest BCUT2D eigenvalue weighted by Crippen LogP contribution is 2.49. The molecule has 3 N–H and O–H groups in total. The van der Waals surface area contributed by atoms with Crippen molar-refractivity contribution < 1.29 is 55.0 Å². The summed E-state index contributed by atoms with van der Waals surface area (Å²) in [7, 11) is 0. The number of benzene rings is 2. The maximum absolute atomic E-state index is 16.4. The Bertz CT molecular complexity index is 2240. The summed E-state index contributed by atoms with van der Waals surface area (Å²) in [6.45, 7) is 4.11. The number of ether oxygens (including phenoxy) is 1. The lowest BCUT2D eigenvalue weighted by atomic mass is 9.75. The molecule has 0 bridgehead atoms. The third-order valence-electron chi connectivity index (χ3n) is 9.21. The number of amides is 3.